The molecule has 0 spiro atoms. The number of carbonyl (C=O) groups is 1. The van der Waals surface area contributed by atoms with E-state index in [4.69, 9.17) is 5.73 Å². The minimum atomic E-state index is -0.159. The number of hydrogen-bond acceptors (Lipinski definition) is 3. The van der Waals surface area contributed by atoms with Gasteiger partial charge in [0.2, 0.25) is 0 Å². The molecule has 1 aromatic rings. The van der Waals surface area contributed by atoms with Crippen molar-refractivity contribution < 1.29 is 4.79 Å². The molecule has 5 heteroatoms. The van der Waals surface area contributed by atoms with Crippen LogP contribution in [-0.4, -0.2) is 21.7 Å². The van der Waals surface area contributed by atoms with Gasteiger partial charge in [-0.1, -0.05) is 26.7 Å². The van der Waals surface area contributed by atoms with Crippen molar-refractivity contribution >= 4 is 11.6 Å². The first-order valence-electron chi connectivity index (χ1n) is 6.50. The third-order valence-electron chi connectivity index (χ3n) is 3.88. The summed E-state index contributed by atoms with van der Waals surface area (Å²) in [6.07, 6.45) is 6.25. The summed E-state index contributed by atoms with van der Waals surface area (Å²) in [6, 6.07) is 0.208. The first-order valence-corrected chi connectivity index (χ1v) is 6.50. The number of carbonyl (C=O) groups excluding carboxylic acids is 1. The molecule has 100 valence electrons. The van der Waals surface area contributed by atoms with E-state index in [0.29, 0.717) is 11.4 Å². The highest BCUT2D eigenvalue weighted by molar-refractivity contribution is 5.97. The fraction of sp³-hybridized carbons (Fsp3) is 0.692. The van der Waals surface area contributed by atoms with E-state index in [0.717, 1.165) is 12.8 Å². The van der Waals surface area contributed by atoms with E-state index in [2.05, 4.69) is 24.3 Å². The van der Waals surface area contributed by atoms with Gasteiger partial charge in [-0.25, -0.2) is 0 Å². The Morgan fingerprint density at radius 1 is 1.56 bits per heavy atom. The van der Waals surface area contributed by atoms with Gasteiger partial charge in [0.1, 0.15) is 0 Å². The van der Waals surface area contributed by atoms with Crippen LogP contribution in [0.1, 0.15) is 50.0 Å². The fourth-order valence-corrected chi connectivity index (χ4v) is 2.67. The van der Waals surface area contributed by atoms with Crippen LogP contribution >= 0.6 is 0 Å². The monoisotopic (exact) mass is 250 g/mol. The fourth-order valence-electron chi connectivity index (χ4n) is 2.67. The molecule has 1 heterocycles. The van der Waals surface area contributed by atoms with E-state index < -0.39 is 0 Å². The van der Waals surface area contributed by atoms with Crippen molar-refractivity contribution in [1.82, 2.24) is 15.1 Å². The first kappa shape index (κ1) is 12.9. The molecule has 0 radical (unpaired) electrons. The molecular formula is C13H22N4O. The maximum Gasteiger partial charge on any atom is 0.274 e. The molecule has 1 amide bonds. The van der Waals surface area contributed by atoms with Crippen LogP contribution in [0.2, 0.25) is 0 Å². The summed E-state index contributed by atoms with van der Waals surface area (Å²) in [4.78, 5) is 12.2. The molecule has 1 unspecified atom stereocenters. The molecule has 3 N–H and O–H groups in total. The largest absolute Gasteiger partial charge is 0.396 e. The Morgan fingerprint density at radius 2 is 2.28 bits per heavy atom. The number of nitrogen functional groups attached to an aromatic ring is 1. The van der Waals surface area contributed by atoms with Gasteiger partial charge in [-0.2, -0.15) is 5.10 Å². The zero-order valence-corrected chi connectivity index (χ0v) is 11.4. The van der Waals surface area contributed by atoms with Gasteiger partial charge in [0.25, 0.3) is 5.91 Å². The summed E-state index contributed by atoms with van der Waals surface area (Å²) >= 11 is 0. The lowest BCUT2D eigenvalue weighted by molar-refractivity contribution is 0.0848. The molecule has 2 rings (SSSR count). The van der Waals surface area contributed by atoms with Gasteiger partial charge < -0.3 is 11.1 Å². The number of nitrogens with one attached hydrogen (secondary N) is 1. The summed E-state index contributed by atoms with van der Waals surface area (Å²) < 4.78 is 1.57. The lowest BCUT2D eigenvalue weighted by Gasteiger charge is -2.38. The summed E-state index contributed by atoms with van der Waals surface area (Å²) in [5, 5.41) is 7.19. The van der Waals surface area contributed by atoms with Gasteiger partial charge in [0.15, 0.2) is 5.69 Å². The van der Waals surface area contributed by atoms with Gasteiger partial charge in [-0.15, -0.1) is 0 Å². The van der Waals surface area contributed by atoms with Crippen molar-refractivity contribution in [3.63, 3.8) is 0 Å². The smallest absolute Gasteiger partial charge is 0.274 e. The maximum absolute atomic E-state index is 12.2. The van der Waals surface area contributed by atoms with Crippen LogP contribution in [0.3, 0.4) is 0 Å². The van der Waals surface area contributed by atoms with Gasteiger partial charge in [-0.05, 0) is 18.3 Å². The predicted molar refractivity (Wildman–Crippen MR) is 71.1 cm³/mol. The molecule has 0 bridgehead atoms. The highest BCUT2D eigenvalue weighted by Gasteiger charge is 2.33. The lowest BCUT2D eigenvalue weighted by atomic mass is 9.73. The Morgan fingerprint density at radius 3 is 2.83 bits per heavy atom. The summed E-state index contributed by atoms with van der Waals surface area (Å²) in [6.45, 7) is 4.41. The lowest BCUT2D eigenvalue weighted by Crippen LogP contribution is -2.47. The van der Waals surface area contributed by atoms with Gasteiger partial charge in [-0.3, -0.25) is 9.48 Å². The number of aromatic nitrogens is 2. The number of amides is 1. The Hall–Kier alpha value is -1.52. The molecule has 18 heavy (non-hydrogen) atoms. The molecule has 1 aromatic heterocycles. The van der Waals surface area contributed by atoms with Crippen molar-refractivity contribution in [2.45, 2.75) is 45.6 Å². The minimum Gasteiger partial charge on any atom is -0.396 e. The van der Waals surface area contributed by atoms with E-state index in [-0.39, 0.29) is 17.4 Å². The summed E-state index contributed by atoms with van der Waals surface area (Å²) in [7, 11) is 1.76. The third-order valence-corrected chi connectivity index (χ3v) is 3.88. The topological polar surface area (TPSA) is 72.9 Å². The van der Waals surface area contributed by atoms with Crippen LogP contribution in [0.25, 0.3) is 0 Å². The highest BCUT2D eigenvalue weighted by Crippen LogP contribution is 2.35. The Labute approximate surface area is 108 Å². The number of aryl methyl sites for hydroxylation is 1. The van der Waals surface area contributed by atoms with Crippen molar-refractivity contribution in [3.8, 4) is 0 Å². The van der Waals surface area contributed by atoms with E-state index in [9.17, 15) is 4.79 Å². The van der Waals surface area contributed by atoms with Crippen LogP contribution in [0.4, 0.5) is 5.69 Å². The van der Waals surface area contributed by atoms with Crippen molar-refractivity contribution in [2.75, 3.05) is 5.73 Å². The number of anilines is 1. The number of nitrogens with two attached hydrogens (primary N) is 1. The molecule has 0 aliphatic heterocycles. The second-order valence-electron chi connectivity index (χ2n) is 5.87. The molecule has 0 aromatic carbocycles. The van der Waals surface area contributed by atoms with Gasteiger partial charge in [0.05, 0.1) is 5.69 Å². The molecule has 1 atom stereocenters. The van der Waals surface area contributed by atoms with Gasteiger partial charge in [0, 0.05) is 19.3 Å². The van der Waals surface area contributed by atoms with E-state index >= 15 is 0 Å². The maximum atomic E-state index is 12.2. The zero-order valence-electron chi connectivity index (χ0n) is 11.4. The second-order valence-corrected chi connectivity index (χ2v) is 5.87. The van der Waals surface area contributed by atoms with Crippen LogP contribution in [0.5, 0.6) is 0 Å². The normalized spacial score (nSPS) is 22.7. The van der Waals surface area contributed by atoms with Crippen molar-refractivity contribution in [2.24, 2.45) is 12.5 Å². The molecule has 1 fully saturated rings. The summed E-state index contributed by atoms with van der Waals surface area (Å²) in [5.74, 6) is -0.159. The number of rotatable bonds is 2. The predicted octanol–water partition coefficient (Wildman–Crippen LogP) is 1.70. The van der Waals surface area contributed by atoms with Crippen LogP contribution in [0, 0.1) is 5.41 Å². The molecule has 1 aliphatic carbocycles. The van der Waals surface area contributed by atoms with Crippen LogP contribution < -0.4 is 11.1 Å². The van der Waals surface area contributed by atoms with Crippen LogP contribution in [-0.2, 0) is 7.05 Å². The Kier molecular flexibility index (Phi) is 3.32. The van der Waals surface area contributed by atoms with Crippen molar-refractivity contribution in [1.29, 1.82) is 0 Å². The standard InChI is InChI=1S/C13H22N4O/c1-13(2)7-5-4-6-10(13)15-12(18)11-9(14)8-17(3)16-11/h8,10H,4-7,14H2,1-3H3,(H,15,18). The van der Waals surface area contributed by atoms with E-state index in [1.54, 1.807) is 17.9 Å². The second kappa shape index (κ2) is 4.63. The van der Waals surface area contributed by atoms with Gasteiger partial charge >= 0.3 is 0 Å². The molecular weight excluding hydrogens is 228 g/mol. The summed E-state index contributed by atoms with van der Waals surface area (Å²) in [5.41, 5.74) is 6.69. The highest BCUT2D eigenvalue weighted by atomic mass is 16.2. The Bertz CT molecular complexity index is 450. The average Bonchev–Trinajstić information content (AvgIpc) is 2.61. The Balaban J connectivity index is 2.09. The third kappa shape index (κ3) is 2.49. The van der Waals surface area contributed by atoms with E-state index in [1.807, 2.05) is 0 Å². The molecule has 5 nitrogen and oxygen atoms in total. The SMILES string of the molecule is Cn1cc(N)c(C(=O)NC2CCCCC2(C)C)n1. The quantitative estimate of drug-likeness (QED) is 0.839. The van der Waals surface area contributed by atoms with Crippen molar-refractivity contribution in [3.05, 3.63) is 11.9 Å². The van der Waals surface area contributed by atoms with Crippen LogP contribution in [0.15, 0.2) is 6.20 Å². The molecule has 1 aliphatic rings. The first-order chi connectivity index (χ1) is 8.40. The zero-order chi connectivity index (χ0) is 13.3. The minimum absolute atomic E-state index is 0.150. The number of nitrogens with zero attached hydrogens (tertiary/aromatic N) is 2. The molecule has 0 saturated heterocycles. The molecule has 1 saturated carbocycles. The number of hydrogen-bond donors (Lipinski definition) is 2. The average molecular weight is 250 g/mol. The van der Waals surface area contributed by atoms with E-state index in [1.165, 1.54) is 12.8 Å².